The van der Waals surface area contributed by atoms with Crippen molar-refractivity contribution in [2.45, 2.75) is 26.8 Å². The third-order valence-corrected chi connectivity index (χ3v) is 3.21. The number of rotatable bonds is 5. The Kier molecular flexibility index (Phi) is 4.72. The molecule has 1 N–H and O–H groups in total. The molecule has 1 heterocycles. The summed E-state index contributed by atoms with van der Waals surface area (Å²) in [5.41, 5.74) is 3.26. The quantitative estimate of drug-likeness (QED) is 0.854. The number of aryl methyl sites for hydroxylation is 3. The highest BCUT2D eigenvalue weighted by Crippen LogP contribution is 2.04. The fourth-order valence-corrected chi connectivity index (χ4v) is 2.13. The Morgan fingerprint density at radius 3 is 2.62 bits per heavy atom. The number of nitriles is 1. The van der Waals surface area contributed by atoms with Gasteiger partial charge in [-0.05, 0) is 50.6 Å². The zero-order valence-corrected chi connectivity index (χ0v) is 12.3. The Labute approximate surface area is 124 Å². The number of amides is 1. The molecule has 2 aromatic rings. The van der Waals surface area contributed by atoms with Crippen molar-refractivity contribution in [1.82, 2.24) is 15.1 Å². The molecule has 0 saturated heterocycles. The highest BCUT2D eigenvalue weighted by Gasteiger charge is 2.05. The minimum atomic E-state index is -0.118. The highest BCUT2D eigenvalue weighted by molar-refractivity contribution is 5.94. The van der Waals surface area contributed by atoms with Crippen LogP contribution < -0.4 is 5.32 Å². The molecule has 0 spiro atoms. The van der Waals surface area contributed by atoms with E-state index in [2.05, 4.69) is 10.4 Å². The topological polar surface area (TPSA) is 70.7 Å². The number of aromatic nitrogens is 2. The minimum absolute atomic E-state index is 0.118. The van der Waals surface area contributed by atoms with E-state index in [0.29, 0.717) is 17.7 Å². The maximum atomic E-state index is 11.9. The van der Waals surface area contributed by atoms with Crippen molar-refractivity contribution in [3.63, 3.8) is 0 Å². The lowest BCUT2D eigenvalue weighted by Crippen LogP contribution is -2.25. The lowest BCUT2D eigenvalue weighted by atomic mass is 10.1. The maximum absolute atomic E-state index is 11.9. The van der Waals surface area contributed by atoms with Gasteiger partial charge in [-0.3, -0.25) is 9.48 Å². The predicted molar refractivity (Wildman–Crippen MR) is 79.8 cm³/mol. The van der Waals surface area contributed by atoms with Crippen LogP contribution in [0.25, 0.3) is 0 Å². The Hall–Kier alpha value is -2.61. The number of hydrogen-bond acceptors (Lipinski definition) is 3. The van der Waals surface area contributed by atoms with Gasteiger partial charge in [0.15, 0.2) is 0 Å². The normalized spacial score (nSPS) is 10.1. The molecule has 0 aliphatic heterocycles. The summed E-state index contributed by atoms with van der Waals surface area (Å²) in [6, 6.07) is 10.7. The second kappa shape index (κ2) is 6.71. The second-order valence-electron chi connectivity index (χ2n) is 4.95. The van der Waals surface area contributed by atoms with Crippen molar-refractivity contribution in [3.8, 4) is 6.07 Å². The lowest BCUT2D eigenvalue weighted by Gasteiger charge is -2.07. The molecular formula is C16H18N4O. The summed E-state index contributed by atoms with van der Waals surface area (Å²) >= 11 is 0. The van der Waals surface area contributed by atoms with Gasteiger partial charge in [0.25, 0.3) is 5.91 Å². The molecule has 0 aliphatic carbocycles. The Balaban J connectivity index is 1.79. The summed E-state index contributed by atoms with van der Waals surface area (Å²) in [4.78, 5) is 11.9. The van der Waals surface area contributed by atoms with Gasteiger partial charge in [-0.25, -0.2) is 0 Å². The van der Waals surface area contributed by atoms with Crippen molar-refractivity contribution in [3.05, 3.63) is 52.8 Å². The molecular weight excluding hydrogens is 264 g/mol. The third-order valence-electron chi connectivity index (χ3n) is 3.21. The van der Waals surface area contributed by atoms with Gasteiger partial charge in [-0.1, -0.05) is 0 Å². The van der Waals surface area contributed by atoms with Crippen LogP contribution in [0.1, 0.15) is 33.7 Å². The molecule has 1 aromatic heterocycles. The van der Waals surface area contributed by atoms with Crippen molar-refractivity contribution < 1.29 is 4.79 Å². The number of nitrogens with zero attached hydrogens (tertiary/aromatic N) is 3. The molecule has 0 aliphatic rings. The van der Waals surface area contributed by atoms with Crippen molar-refractivity contribution >= 4 is 5.91 Å². The van der Waals surface area contributed by atoms with E-state index in [1.54, 1.807) is 24.3 Å². The average molecular weight is 282 g/mol. The van der Waals surface area contributed by atoms with Gasteiger partial charge in [-0.15, -0.1) is 0 Å². The fraction of sp³-hybridized carbons (Fsp3) is 0.312. The van der Waals surface area contributed by atoms with Gasteiger partial charge in [-0.2, -0.15) is 10.4 Å². The molecule has 0 atom stereocenters. The van der Waals surface area contributed by atoms with Crippen molar-refractivity contribution in [1.29, 1.82) is 5.26 Å². The Bertz CT molecular complexity index is 665. The monoisotopic (exact) mass is 282 g/mol. The van der Waals surface area contributed by atoms with Crippen LogP contribution in [0.2, 0.25) is 0 Å². The zero-order chi connectivity index (χ0) is 15.2. The van der Waals surface area contributed by atoms with E-state index in [-0.39, 0.29) is 5.91 Å². The molecule has 5 heteroatoms. The van der Waals surface area contributed by atoms with Crippen LogP contribution >= 0.6 is 0 Å². The molecule has 0 bridgehead atoms. The lowest BCUT2D eigenvalue weighted by molar-refractivity contribution is 0.0952. The van der Waals surface area contributed by atoms with E-state index < -0.39 is 0 Å². The summed E-state index contributed by atoms with van der Waals surface area (Å²) in [6.07, 6.45) is 0.823. The highest BCUT2D eigenvalue weighted by atomic mass is 16.1. The van der Waals surface area contributed by atoms with Gasteiger partial charge in [0.1, 0.15) is 0 Å². The fourth-order valence-electron chi connectivity index (χ4n) is 2.13. The Morgan fingerprint density at radius 2 is 2.05 bits per heavy atom. The van der Waals surface area contributed by atoms with E-state index in [4.69, 9.17) is 5.26 Å². The molecule has 2 rings (SSSR count). The van der Waals surface area contributed by atoms with Crippen LogP contribution in [0.5, 0.6) is 0 Å². The molecule has 0 fully saturated rings. The van der Waals surface area contributed by atoms with Gasteiger partial charge in [0.05, 0.1) is 17.3 Å². The minimum Gasteiger partial charge on any atom is -0.352 e. The van der Waals surface area contributed by atoms with E-state index in [9.17, 15) is 4.79 Å². The summed E-state index contributed by atoms with van der Waals surface area (Å²) in [5, 5.41) is 16.0. The van der Waals surface area contributed by atoms with Gasteiger partial charge in [0.2, 0.25) is 0 Å². The van der Waals surface area contributed by atoms with Crippen molar-refractivity contribution in [2.24, 2.45) is 0 Å². The van der Waals surface area contributed by atoms with Crippen LogP contribution in [-0.4, -0.2) is 22.2 Å². The van der Waals surface area contributed by atoms with Crippen LogP contribution in [0.3, 0.4) is 0 Å². The van der Waals surface area contributed by atoms with E-state index in [1.165, 1.54) is 0 Å². The summed E-state index contributed by atoms with van der Waals surface area (Å²) in [6.45, 7) is 5.37. The number of carbonyl (C=O) groups excluding carboxylic acids is 1. The number of carbonyl (C=O) groups is 1. The predicted octanol–water partition coefficient (Wildman–Crippen LogP) is 2.19. The molecule has 0 radical (unpaired) electrons. The molecule has 21 heavy (non-hydrogen) atoms. The maximum Gasteiger partial charge on any atom is 0.251 e. The summed E-state index contributed by atoms with van der Waals surface area (Å²) in [5.74, 6) is -0.118. The van der Waals surface area contributed by atoms with Gasteiger partial charge < -0.3 is 5.32 Å². The first kappa shape index (κ1) is 14.8. The van der Waals surface area contributed by atoms with Gasteiger partial charge in [0, 0.05) is 24.3 Å². The zero-order valence-electron chi connectivity index (χ0n) is 12.3. The third kappa shape index (κ3) is 3.93. The smallest absolute Gasteiger partial charge is 0.251 e. The summed E-state index contributed by atoms with van der Waals surface area (Å²) in [7, 11) is 0. The first-order chi connectivity index (χ1) is 10.1. The van der Waals surface area contributed by atoms with Crippen LogP contribution in [0.15, 0.2) is 30.3 Å². The number of hydrogen-bond donors (Lipinski definition) is 1. The molecule has 0 unspecified atom stereocenters. The average Bonchev–Trinajstić information content (AvgIpc) is 2.81. The molecule has 5 nitrogen and oxygen atoms in total. The second-order valence-corrected chi connectivity index (χ2v) is 4.95. The van der Waals surface area contributed by atoms with Crippen LogP contribution in [0, 0.1) is 25.2 Å². The SMILES string of the molecule is Cc1cc(C)n(CCCNC(=O)c2ccc(C#N)cc2)n1. The number of nitrogens with one attached hydrogen (secondary N) is 1. The van der Waals surface area contributed by atoms with E-state index in [1.807, 2.05) is 30.7 Å². The number of benzene rings is 1. The van der Waals surface area contributed by atoms with Gasteiger partial charge >= 0.3 is 0 Å². The first-order valence-corrected chi connectivity index (χ1v) is 6.89. The molecule has 108 valence electrons. The largest absolute Gasteiger partial charge is 0.352 e. The molecule has 1 aromatic carbocycles. The van der Waals surface area contributed by atoms with Crippen molar-refractivity contribution in [2.75, 3.05) is 6.54 Å². The Morgan fingerprint density at radius 1 is 1.33 bits per heavy atom. The van der Waals surface area contributed by atoms with E-state index >= 15 is 0 Å². The van der Waals surface area contributed by atoms with Crippen LogP contribution in [-0.2, 0) is 6.54 Å². The standard InChI is InChI=1S/C16H18N4O/c1-12-10-13(2)20(19-12)9-3-8-18-16(21)15-6-4-14(11-17)5-7-15/h4-7,10H,3,8-9H2,1-2H3,(H,18,21). The van der Waals surface area contributed by atoms with E-state index in [0.717, 1.165) is 24.4 Å². The first-order valence-electron chi connectivity index (χ1n) is 6.89. The summed E-state index contributed by atoms with van der Waals surface area (Å²) < 4.78 is 1.95. The van der Waals surface area contributed by atoms with Crippen LogP contribution in [0.4, 0.5) is 0 Å². The molecule has 0 saturated carbocycles. The molecule has 1 amide bonds.